The number of benzene rings is 2. The summed E-state index contributed by atoms with van der Waals surface area (Å²) in [6.07, 6.45) is 1.43. The van der Waals surface area contributed by atoms with Crippen LogP contribution in [0, 0.1) is 6.92 Å². The lowest BCUT2D eigenvalue weighted by Crippen LogP contribution is -2.28. The van der Waals surface area contributed by atoms with Crippen molar-refractivity contribution in [2.75, 3.05) is 18.6 Å². The molecule has 156 valence electrons. The Morgan fingerprint density at radius 3 is 2.60 bits per heavy atom. The van der Waals surface area contributed by atoms with Crippen LogP contribution in [0.5, 0.6) is 17.2 Å². The molecule has 0 unspecified atom stereocenters. The second-order valence-electron chi connectivity index (χ2n) is 6.39. The number of nitrogens with zero attached hydrogens (tertiary/aromatic N) is 1. The molecule has 1 aliphatic rings. The number of aromatic hydroxyl groups is 1. The molecule has 0 radical (unpaired) electrons. The minimum Gasteiger partial charge on any atom is -0.508 e. The highest BCUT2D eigenvalue weighted by Gasteiger charge is 2.37. The van der Waals surface area contributed by atoms with Crippen molar-refractivity contribution in [1.29, 1.82) is 0 Å². The number of aryl methyl sites for hydroxylation is 1. The minimum absolute atomic E-state index is 0.00406. The van der Waals surface area contributed by atoms with E-state index in [1.807, 2.05) is 0 Å². The molecule has 0 atom stereocenters. The molecule has 1 heterocycles. The van der Waals surface area contributed by atoms with E-state index < -0.39 is 17.1 Å². The summed E-state index contributed by atoms with van der Waals surface area (Å²) in [6.45, 7) is 1.70. The molecule has 2 amide bonds. The summed E-state index contributed by atoms with van der Waals surface area (Å²) in [4.78, 5) is 37.2. The van der Waals surface area contributed by atoms with Gasteiger partial charge in [0.25, 0.3) is 11.1 Å². The van der Waals surface area contributed by atoms with Crippen molar-refractivity contribution >= 4 is 40.6 Å². The number of anilines is 1. The van der Waals surface area contributed by atoms with Gasteiger partial charge in [0.2, 0.25) is 0 Å². The highest BCUT2D eigenvalue weighted by atomic mass is 32.2. The Morgan fingerprint density at radius 1 is 1.17 bits per heavy atom. The molecule has 30 heavy (non-hydrogen) atoms. The number of thioether (sulfide) groups is 1. The van der Waals surface area contributed by atoms with E-state index in [1.165, 1.54) is 25.3 Å². The first kappa shape index (κ1) is 21.3. The number of methoxy groups -OCH3 is 1. The van der Waals surface area contributed by atoms with Crippen molar-refractivity contribution in [2.24, 2.45) is 0 Å². The second kappa shape index (κ2) is 8.91. The van der Waals surface area contributed by atoms with Crippen LogP contribution in [0.3, 0.4) is 0 Å². The topological polar surface area (TPSA) is 113 Å². The van der Waals surface area contributed by atoms with Crippen LogP contribution in [0.4, 0.5) is 10.5 Å². The number of hydrogen-bond acceptors (Lipinski definition) is 7. The fourth-order valence-electron chi connectivity index (χ4n) is 2.86. The van der Waals surface area contributed by atoms with E-state index in [9.17, 15) is 19.5 Å². The summed E-state index contributed by atoms with van der Waals surface area (Å²) in [5.74, 6) is -0.618. The molecule has 0 spiro atoms. The summed E-state index contributed by atoms with van der Waals surface area (Å²) >= 11 is 0.818. The van der Waals surface area contributed by atoms with Gasteiger partial charge in [-0.15, -0.1) is 0 Å². The number of phenolic OH excluding ortho intramolecular Hbond substituents is 1. The smallest absolute Gasteiger partial charge is 0.306 e. The first-order valence-electron chi connectivity index (χ1n) is 8.90. The molecule has 1 saturated heterocycles. The summed E-state index contributed by atoms with van der Waals surface area (Å²) < 4.78 is 10.7. The van der Waals surface area contributed by atoms with Gasteiger partial charge in [-0.2, -0.15) is 0 Å². The number of phenols is 1. The molecule has 1 fully saturated rings. The number of ether oxygens (including phenoxy) is 2. The zero-order valence-corrected chi connectivity index (χ0v) is 17.1. The fraction of sp³-hybridized carbons (Fsp3) is 0.190. The molecular weight excluding hydrogens is 410 g/mol. The van der Waals surface area contributed by atoms with Crippen LogP contribution in [0.1, 0.15) is 17.5 Å². The van der Waals surface area contributed by atoms with Crippen LogP contribution in [0.15, 0.2) is 41.3 Å². The number of rotatable bonds is 7. The van der Waals surface area contributed by atoms with E-state index in [4.69, 9.17) is 14.6 Å². The Kier molecular flexibility index (Phi) is 6.31. The van der Waals surface area contributed by atoms with Gasteiger partial charge in [0, 0.05) is 0 Å². The molecule has 2 aromatic carbocycles. The molecule has 8 nitrogen and oxygen atoms in total. The average Bonchev–Trinajstić information content (AvgIpc) is 2.96. The Morgan fingerprint density at radius 2 is 1.93 bits per heavy atom. The van der Waals surface area contributed by atoms with Crippen molar-refractivity contribution in [2.45, 2.75) is 13.3 Å². The number of aliphatic carboxylic acids is 1. The predicted octanol–water partition coefficient (Wildman–Crippen LogP) is 3.80. The number of amides is 2. The van der Waals surface area contributed by atoms with Gasteiger partial charge in [0.1, 0.15) is 5.75 Å². The van der Waals surface area contributed by atoms with Gasteiger partial charge in [-0.25, -0.2) is 4.90 Å². The second-order valence-corrected chi connectivity index (χ2v) is 7.38. The third-order valence-electron chi connectivity index (χ3n) is 4.27. The fourth-order valence-corrected chi connectivity index (χ4v) is 3.69. The van der Waals surface area contributed by atoms with E-state index in [2.05, 4.69) is 0 Å². The number of imide groups is 1. The first-order chi connectivity index (χ1) is 14.3. The molecule has 2 aromatic rings. The maximum absolute atomic E-state index is 12.8. The van der Waals surface area contributed by atoms with E-state index in [-0.39, 0.29) is 23.7 Å². The van der Waals surface area contributed by atoms with Crippen LogP contribution in [-0.4, -0.2) is 41.0 Å². The van der Waals surface area contributed by atoms with Crippen molar-refractivity contribution in [1.82, 2.24) is 0 Å². The summed E-state index contributed by atoms with van der Waals surface area (Å²) in [5.41, 5.74) is 1.63. The molecular formula is C21H19NO7S. The largest absolute Gasteiger partial charge is 0.508 e. The summed E-state index contributed by atoms with van der Waals surface area (Å²) in [7, 11) is 1.45. The number of carboxylic acids is 1. The standard InChI is InChI=1S/C21H19NO7S/c1-12-9-14(23)4-5-15(12)22-20(26)18(30-21(22)27)11-13-3-6-16(17(10-13)28-2)29-8-7-19(24)25/h3-6,9-11,23H,7-8H2,1-2H3,(H,24,25)/b18-11+. The van der Waals surface area contributed by atoms with Crippen LogP contribution in [-0.2, 0) is 9.59 Å². The van der Waals surface area contributed by atoms with Crippen molar-refractivity contribution in [3.05, 3.63) is 52.4 Å². The monoisotopic (exact) mass is 429 g/mol. The van der Waals surface area contributed by atoms with Gasteiger partial charge in [0.15, 0.2) is 11.5 Å². The third kappa shape index (κ3) is 4.57. The van der Waals surface area contributed by atoms with Crippen LogP contribution in [0.2, 0.25) is 0 Å². The molecule has 1 aliphatic heterocycles. The van der Waals surface area contributed by atoms with Gasteiger partial charge in [-0.1, -0.05) is 6.07 Å². The molecule has 2 N–H and O–H groups in total. The Bertz CT molecular complexity index is 1050. The van der Waals surface area contributed by atoms with Crippen molar-refractivity contribution in [3.63, 3.8) is 0 Å². The van der Waals surface area contributed by atoms with Gasteiger partial charge in [-0.05, 0) is 66.2 Å². The zero-order chi connectivity index (χ0) is 21.8. The Balaban J connectivity index is 1.83. The van der Waals surface area contributed by atoms with E-state index in [0.717, 1.165) is 16.7 Å². The van der Waals surface area contributed by atoms with E-state index >= 15 is 0 Å². The zero-order valence-electron chi connectivity index (χ0n) is 16.2. The van der Waals surface area contributed by atoms with Gasteiger partial charge < -0.3 is 19.7 Å². The van der Waals surface area contributed by atoms with Crippen LogP contribution >= 0.6 is 11.8 Å². The number of carbonyl (C=O) groups excluding carboxylic acids is 2. The molecule has 9 heteroatoms. The predicted molar refractivity (Wildman–Crippen MR) is 112 cm³/mol. The summed E-state index contributed by atoms with van der Waals surface area (Å²) in [5, 5.41) is 17.8. The lowest BCUT2D eigenvalue weighted by atomic mass is 10.1. The third-order valence-corrected chi connectivity index (χ3v) is 5.14. The molecule has 3 rings (SSSR count). The Hall–Kier alpha value is -3.46. The van der Waals surface area contributed by atoms with Gasteiger partial charge in [-0.3, -0.25) is 14.4 Å². The number of carbonyl (C=O) groups is 3. The lowest BCUT2D eigenvalue weighted by Gasteiger charge is -2.15. The number of carboxylic acid groups (broad SMARTS) is 1. The molecule has 0 saturated carbocycles. The average molecular weight is 429 g/mol. The number of hydrogen-bond donors (Lipinski definition) is 2. The lowest BCUT2D eigenvalue weighted by molar-refractivity contribution is -0.137. The van der Waals surface area contributed by atoms with Gasteiger partial charge in [0.05, 0.1) is 30.7 Å². The van der Waals surface area contributed by atoms with Gasteiger partial charge >= 0.3 is 5.97 Å². The van der Waals surface area contributed by atoms with E-state index in [1.54, 1.807) is 31.2 Å². The van der Waals surface area contributed by atoms with E-state index in [0.29, 0.717) is 28.3 Å². The van der Waals surface area contributed by atoms with Crippen LogP contribution in [0.25, 0.3) is 6.08 Å². The first-order valence-corrected chi connectivity index (χ1v) is 9.72. The maximum atomic E-state index is 12.8. The quantitative estimate of drug-likeness (QED) is 0.639. The maximum Gasteiger partial charge on any atom is 0.306 e. The highest BCUT2D eigenvalue weighted by molar-refractivity contribution is 8.19. The molecule has 0 bridgehead atoms. The molecule has 0 aromatic heterocycles. The van der Waals surface area contributed by atoms with Crippen molar-refractivity contribution in [3.8, 4) is 17.2 Å². The normalized spacial score (nSPS) is 15.0. The Labute approximate surface area is 176 Å². The van der Waals surface area contributed by atoms with Crippen LogP contribution < -0.4 is 14.4 Å². The van der Waals surface area contributed by atoms with Crippen molar-refractivity contribution < 1.29 is 34.1 Å². The molecule has 0 aliphatic carbocycles. The highest BCUT2D eigenvalue weighted by Crippen LogP contribution is 2.38. The summed E-state index contributed by atoms with van der Waals surface area (Å²) in [6, 6.07) is 9.35. The minimum atomic E-state index is -0.967. The SMILES string of the molecule is COc1cc(/C=C2/SC(=O)N(c3ccc(O)cc3C)C2=O)ccc1OCCC(=O)O.